The van der Waals surface area contributed by atoms with Crippen LogP contribution in [0.25, 0.3) is 0 Å². The van der Waals surface area contributed by atoms with Gasteiger partial charge in [-0.15, -0.1) is 0 Å². The summed E-state index contributed by atoms with van der Waals surface area (Å²) < 4.78 is 37.7. The van der Waals surface area contributed by atoms with E-state index in [4.69, 9.17) is 20.9 Å². The lowest BCUT2D eigenvalue weighted by molar-refractivity contribution is -0.122. The Kier molecular flexibility index (Phi) is 6.56. The van der Waals surface area contributed by atoms with E-state index in [9.17, 15) is 13.2 Å². The van der Waals surface area contributed by atoms with Gasteiger partial charge in [-0.2, -0.15) is 0 Å². The van der Waals surface area contributed by atoms with Crippen LogP contribution >= 0.6 is 11.6 Å². The highest BCUT2D eigenvalue weighted by molar-refractivity contribution is 7.92. The topological polar surface area (TPSA) is 111 Å². The van der Waals surface area contributed by atoms with Crippen molar-refractivity contribution in [3.05, 3.63) is 64.4 Å². The zero-order valence-corrected chi connectivity index (χ0v) is 19.0. The molecule has 164 valence electrons. The van der Waals surface area contributed by atoms with Crippen LogP contribution in [-0.4, -0.2) is 25.6 Å². The second-order valence-electron chi connectivity index (χ2n) is 7.07. The zero-order chi connectivity index (χ0) is 22.8. The molecule has 0 aliphatic rings. The molecule has 31 heavy (non-hydrogen) atoms. The second kappa shape index (κ2) is 8.99. The van der Waals surface area contributed by atoms with Crippen molar-refractivity contribution in [2.24, 2.45) is 0 Å². The molecule has 1 atom stereocenters. The molecule has 0 saturated heterocycles. The molecule has 0 aliphatic heterocycles. The number of ether oxygens (including phenoxy) is 1. The lowest BCUT2D eigenvalue weighted by Gasteiger charge is -2.16. The summed E-state index contributed by atoms with van der Waals surface area (Å²) in [5.74, 6) is 0.735. The van der Waals surface area contributed by atoms with Gasteiger partial charge in [0.2, 0.25) is 0 Å². The molecule has 0 saturated carbocycles. The van der Waals surface area contributed by atoms with Gasteiger partial charge in [-0.1, -0.05) is 16.8 Å². The van der Waals surface area contributed by atoms with Gasteiger partial charge in [0.05, 0.1) is 4.90 Å². The Morgan fingerprint density at radius 2 is 1.71 bits per heavy atom. The molecule has 0 bridgehead atoms. The van der Waals surface area contributed by atoms with Gasteiger partial charge >= 0.3 is 0 Å². The van der Waals surface area contributed by atoms with Gasteiger partial charge in [0, 0.05) is 16.8 Å². The third-order valence-electron chi connectivity index (χ3n) is 4.39. The van der Waals surface area contributed by atoms with Crippen LogP contribution in [0.4, 0.5) is 11.5 Å². The summed E-state index contributed by atoms with van der Waals surface area (Å²) in [5, 5.41) is 6.97. The van der Waals surface area contributed by atoms with Gasteiger partial charge in [-0.05, 0) is 75.2 Å². The molecule has 2 aromatic carbocycles. The van der Waals surface area contributed by atoms with E-state index in [0.717, 1.165) is 11.1 Å². The van der Waals surface area contributed by atoms with Crippen molar-refractivity contribution >= 4 is 39.0 Å². The summed E-state index contributed by atoms with van der Waals surface area (Å²) in [4.78, 5) is 12.5. The van der Waals surface area contributed by atoms with E-state index in [1.807, 2.05) is 13.8 Å². The minimum absolute atomic E-state index is 0.0163. The Morgan fingerprint density at radius 1 is 1.10 bits per heavy atom. The average Bonchev–Trinajstić information content (AvgIpc) is 3.10. The van der Waals surface area contributed by atoms with Crippen LogP contribution in [0.2, 0.25) is 5.02 Å². The fourth-order valence-corrected chi connectivity index (χ4v) is 3.90. The maximum Gasteiger partial charge on any atom is 0.265 e. The van der Waals surface area contributed by atoms with Crippen molar-refractivity contribution in [1.82, 2.24) is 5.16 Å². The number of benzene rings is 2. The van der Waals surface area contributed by atoms with E-state index >= 15 is 0 Å². The molecular weight excluding hydrogens is 442 g/mol. The van der Waals surface area contributed by atoms with Crippen LogP contribution in [0.15, 0.2) is 51.9 Å². The number of carbonyl (C=O) groups excluding carboxylic acids is 1. The number of aryl methyl sites for hydroxylation is 3. The quantitative estimate of drug-likeness (QED) is 0.535. The molecule has 1 amide bonds. The second-order valence-corrected chi connectivity index (χ2v) is 9.13. The van der Waals surface area contributed by atoms with Gasteiger partial charge in [0.1, 0.15) is 11.5 Å². The van der Waals surface area contributed by atoms with E-state index < -0.39 is 16.1 Å². The maximum atomic E-state index is 12.5. The Bertz CT molecular complexity index is 1180. The Hall–Kier alpha value is -3.04. The molecule has 1 aromatic heterocycles. The summed E-state index contributed by atoms with van der Waals surface area (Å²) in [6.45, 7) is 7.00. The van der Waals surface area contributed by atoms with Crippen LogP contribution in [0.3, 0.4) is 0 Å². The number of amides is 1. The van der Waals surface area contributed by atoms with Gasteiger partial charge in [0.15, 0.2) is 11.9 Å². The average molecular weight is 464 g/mol. The number of halogens is 1. The first-order chi connectivity index (χ1) is 14.5. The van der Waals surface area contributed by atoms with E-state index in [0.29, 0.717) is 22.2 Å². The smallest absolute Gasteiger partial charge is 0.265 e. The van der Waals surface area contributed by atoms with E-state index in [1.165, 1.54) is 30.3 Å². The molecular formula is C21H22ClN3O5S. The van der Waals surface area contributed by atoms with Gasteiger partial charge in [0.25, 0.3) is 15.9 Å². The fourth-order valence-electron chi connectivity index (χ4n) is 2.80. The molecule has 3 rings (SSSR count). The number of nitrogens with one attached hydrogen (secondary N) is 2. The monoisotopic (exact) mass is 463 g/mol. The maximum absolute atomic E-state index is 12.5. The molecule has 0 spiro atoms. The summed E-state index contributed by atoms with van der Waals surface area (Å²) in [7, 11) is -3.83. The predicted molar refractivity (Wildman–Crippen MR) is 118 cm³/mol. The molecule has 0 unspecified atom stereocenters. The van der Waals surface area contributed by atoms with Crippen LogP contribution in [0, 0.1) is 20.8 Å². The van der Waals surface area contributed by atoms with E-state index in [-0.39, 0.29) is 16.6 Å². The minimum Gasteiger partial charge on any atom is -0.481 e. The minimum atomic E-state index is -3.83. The molecule has 0 aliphatic carbocycles. The molecule has 2 N–H and O–H groups in total. The van der Waals surface area contributed by atoms with Crippen LogP contribution < -0.4 is 14.8 Å². The highest BCUT2D eigenvalue weighted by Crippen LogP contribution is 2.26. The first kappa shape index (κ1) is 22.6. The fraction of sp³-hybridized carbons (Fsp3) is 0.238. The third-order valence-corrected chi connectivity index (χ3v) is 6.36. The van der Waals surface area contributed by atoms with Gasteiger partial charge in [-0.25, -0.2) is 8.42 Å². The lowest BCUT2D eigenvalue weighted by Crippen LogP contribution is -2.30. The number of anilines is 2. The number of sulfonamides is 1. The summed E-state index contributed by atoms with van der Waals surface area (Å²) in [6.07, 6.45) is -0.777. The van der Waals surface area contributed by atoms with Crippen molar-refractivity contribution in [3.63, 3.8) is 0 Å². The van der Waals surface area contributed by atoms with Gasteiger partial charge < -0.3 is 14.6 Å². The summed E-state index contributed by atoms with van der Waals surface area (Å²) in [6, 6.07) is 10.7. The van der Waals surface area contributed by atoms with Crippen LogP contribution in [-0.2, 0) is 14.8 Å². The number of carbonyl (C=O) groups is 1. The van der Waals surface area contributed by atoms with E-state index in [1.54, 1.807) is 26.0 Å². The SMILES string of the molecule is Cc1cc(NS(=O)(=O)c2ccc(NC(=O)[C@H](C)Oc3cc(C)c(Cl)c(C)c3)cc2)no1. The predicted octanol–water partition coefficient (Wildman–Crippen LogP) is 4.46. The largest absolute Gasteiger partial charge is 0.481 e. The van der Waals surface area contributed by atoms with Crippen molar-refractivity contribution < 1.29 is 22.5 Å². The number of nitrogens with zero attached hydrogens (tertiary/aromatic N) is 1. The number of hydrogen-bond donors (Lipinski definition) is 2. The molecule has 0 radical (unpaired) electrons. The Labute approximate surface area is 185 Å². The van der Waals surface area contributed by atoms with Crippen molar-refractivity contribution in [2.45, 2.75) is 38.7 Å². The molecule has 0 fully saturated rings. The molecule has 10 heteroatoms. The normalized spacial score (nSPS) is 12.3. The van der Waals surface area contributed by atoms with Crippen molar-refractivity contribution in [3.8, 4) is 5.75 Å². The first-order valence-electron chi connectivity index (χ1n) is 9.35. The molecule has 1 heterocycles. The Morgan fingerprint density at radius 3 is 2.26 bits per heavy atom. The van der Waals surface area contributed by atoms with Crippen molar-refractivity contribution in [1.29, 1.82) is 0 Å². The highest BCUT2D eigenvalue weighted by Gasteiger charge is 2.18. The number of hydrogen-bond acceptors (Lipinski definition) is 6. The summed E-state index contributed by atoms with van der Waals surface area (Å²) in [5.41, 5.74) is 2.14. The Balaban J connectivity index is 1.64. The third kappa shape index (κ3) is 5.56. The van der Waals surface area contributed by atoms with Gasteiger partial charge in [-0.3, -0.25) is 9.52 Å². The molecule has 3 aromatic rings. The number of aromatic nitrogens is 1. The van der Waals surface area contributed by atoms with Crippen molar-refractivity contribution in [2.75, 3.05) is 10.0 Å². The standard InChI is InChI=1S/C21H22ClN3O5S/c1-12-9-17(10-13(2)20(12)22)29-15(4)21(26)23-16-5-7-18(8-6-16)31(27,28)25-19-11-14(3)30-24-19/h5-11,15H,1-4H3,(H,23,26)(H,24,25)/t15-/m0/s1. The molecule has 8 nitrogen and oxygen atoms in total. The number of rotatable bonds is 7. The summed E-state index contributed by atoms with van der Waals surface area (Å²) >= 11 is 6.16. The highest BCUT2D eigenvalue weighted by atomic mass is 35.5. The first-order valence-corrected chi connectivity index (χ1v) is 11.2. The van der Waals surface area contributed by atoms with Crippen LogP contribution in [0.1, 0.15) is 23.8 Å². The lowest BCUT2D eigenvalue weighted by atomic mass is 10.1. The van der Waals surface area contributed by atoms with Crippen LogP contribution in [0.5, 0.6) is 5.75 Å². The zero-order valence-electron chi connectivity index (χ0n) is 17.4. The van der Waals surface area contributed by atoms with E-state index in [2.05, 4.69) is 15.2 Å².